The van der Waals surface area contributed by atoms with Crippen molar-refractivity contribution in [1.82, 2.24) is 15.1 Å². The molecule has 2 heterocycles. The summed E-state index contributed by atoms with van der Waals surface area (Å²) in [6.45, 7) is 12.0. The number of amides is 1. The number of carbonyl (C=O) groups is 1. The van der Waals surface area contributed by atoms with Crippen molar-refractivity contribution < 1.29 is 19.0 Å². The molecule has 0 saturated carbocycles. The highest BCUT2D eigenvalue weighted by molar-refractivity contribution is 5.80. The van der Waals surface area contributed by atoms with Gasteiger partial charge in [0.25, 0.3) is 0 Å². The number of likely N-dealkylation sites (tertiary alicyclic amines) is 1. The number of aliphatic hydroxyl groups is 1. The van der Waals surface area contributed by atoms with E-state index in [1.165, 1.54) is 6.07 Å². The van der Waals surface area contributed by atoms with E-state index in [0.29, 0.717) is 45.0 Å². The van der Waals surface area contributed by atoms with Crippen LogP contribution >= 0.6 is 0 Å². The number of hydrogen-bond acceptors (Lipinski definition) is 5. The van der Waals surface area contributed by atoms with E-state index in [1.807, 2.05) is 43.6 Å². The van der Waals surface area contributed by atoms with Crippen molar-refractivity contribution >= 4 is 17.7 Å². The van der Waals surface area contributed by atoms with Crippen molar-refractivity contribution in [2.24, 2.45) is 4.99 Å². The maximum Gasteiger partial charge on any atom is 0.410 e. The van der Waals surface area contributed by atoms with Gasteiger partial charge in [-0.15, -0.1) is 0 Å². The Morgan fingerprint density at radius 1 is 1.22 bits per heavy atom. The summed E-state index contributed by atoms with van der Waals surface area (Å²) in [5.41, 5.74) is 0.796. The molecule has 3 rings (SSSR count). The smallest absolute Gasteiger partial charge is 0.410 e. The first-order valence-corrected chi connectivity index (χ1v) is 11.4. The molecule has 9 heteroatoms. The van der Waals surface area contributed by atoms with Crippen molar-refractivity contribution in [3.05, 3.63) is 29.6 Å². The molecule has 178 valence electrons. The zero-order valence-electron chi connectivity index (χ0n) is 19.6. The number of nitrogens with zero attached hydrogens (tertiary/aromatic N) is 4. The van der Waals surface area contributed by atoms with Gasteiger partial charge >= 0.3 is 6.09 Å². The van der Waals surface area contributed by atoms with Gasteiger partial charge in [-0.3, -0.25) is 0 Å². The van der Waals surface area contributed by atoms with Crippen LogP contribution in [0.15, 0.2) is 23.2 Å². The average molecular weight is 450 g/mol. The Hall–Kier alpha value is -2.55. The van der Waals surface area contributed by atoms with Gasteiger partial charge in [0.1, 0.15) is 11.4 Å². The highest BCUT2D eigenvalue weighted by Gasteiger charge is 2.27. The number of hydrogen-bond donors (Lipinski definition) is 2. The van der Waals surface area contributed by atoms with Crippen LogP contribution in [0.2, 0.25) is 0 Å². The lowest BCUT2D eigenvalue weighted by atomic mass is 10.1. The Morgan fingerprint density at radius 3 is 2.50 bits per heavy atom. The number of piperazine rings is 1. The number of anilines is 1. The van der Waals surface area contributed by atoms with Crippen molar-refractivity contribution in [2.45, 2.75) is 52.4 Å². The second-order valence-electron chi connectivity index (χ2n) is 9.30. The number of rotatable bonds is 4. The summed E-state index contributed by atoms with van der Waals surface area (Å²) in [6, 6.07) is 5.21. The van der Waals surface area contributed by atoms with E-state index in [0.717, 1.165) is 31.0 Å². The molecule has 0 spiro atoms. The van der Waals surface area contributed by atoms with Gasteiger partial charge in [-0.25, -0.2) is 14.2 Å². The maximum atomic E-state index is 14.9. The fourth-order valence-electron chi connectivity index (χ4n) is 3.89. The maximum absolute atomic E-state index is 14.9. The molecule has 32 heavy (non-hydrogen) atoms. The molecule has 0 radical (unpaired) electrons. The van der Waals surface area contributed by atoms with E-state index < -0.39 is 5.60 Å². The lowest BCUT2D eigenvalue weighted by Gasteiger charge is -2.36. The van der Waals surface area contributed by atoms with Crippen LogP contribution < -0.4 is 10.2 Å². The molecule has 1 aromatic carbocycles. The molecule has 0 unspecified atom stereocenters. The third kappa shape index (κ3) is 6.48. The van der Waals surface area contributed by atoms with Crippen LogP contribution in [0.5, 0.6) is 0 Å². The van der Waals surface area contributed by atoms with Crippen molar-refractivity contribution in [1.29, 1.82) is 0 Å². The van der Waals surface area contributed by atoms with Crippen LogP contribution in [0.3, 0.4) is 0 Å². The lowest BCUT2D eigenvalue weighted by Crippen LogP contribution is -2.50. The molecule has 2 fully saturated rings. The van der Waals surface area contributed by atoms with Crippen molar-refractivity contribution in [2.75, 3.05) is 50.7 Å². The standard InChI is InChI=1S/C23H36FN5O3/c1-5-25-21(29-9-8-18(30)16-29)26-15-17-6-7-20(19(24)14-17)27-10-12-28(13-11-27)22(31)32-23(2,3)4/h6-7,14,18,30H,5,8-13,15-16H2,1-4H3,(H,25,26)/t18-/m1/s1. The first-order valence-electron chi connectivity index (χ1n) is 11.4. The lowest BCUT2D eigenvalue weighted by molar-refractivity contribution is 0.0240. The third-order valence-corrected chi connectivity index (χ3v) is 5.49. The molecular weight excluding hydrogens is 413 g/mol. The normalized spacial score (nSPS) is 20.0. The van der Waals surface area contributed by atoms with Crippen LogP contribution in [0.4, 0.5) is 14.9 Å². The number of carbonyl (C=O) groups excluding carboxylic acids is 1. The van der Waals surface area contributed by atoms with E-state index >= 15 is 0 Å². The van der Waals surface area contributed by atoms with Gasteiger partial charge in [-0.2, -0.15) is 0 Å². The van der Waals surface area contributed by atoms with Gasteiger partial charge in [-0.05, 0) is 51.8 Å². The van der Waals surface area contributed by atoms with Crippen LogP contribution in [0.25, 0.3) is 0 Å². The Morgan fingerprint density at radius 2 is 1.94 bits per heavy atom. The van der Waals surface area contributed by atoms with Crippen molar-refractivity contribution in [3.63, 3.8) is 0 Å². The summed E-state index contributed by atoms with van der Waals surface area (Å²) in [5, 5.41) is 13.0. The molecule has 0 aromatic heterocycles. The first kappa shape index (κ1) is 24.1. The van der Waals surface area contributed by atoms with Crippen LogP contribution in [0, 0.1) is 5.82 Å². The SMILES string of the molecule is CCNC(=NCc1ccc(N2CCN(C(=O)OC(C)(C)C)CC2)c(F)c1)N1CC[C@@H](O)C1. The molecule has 8 nitrogen and oxygen atoms in total. The largest absolute Gasteiger partial charge is 0.444 e. The van der Waals surface area contributed by atoms with E-state index in [2.05, 4.69) is 10.3 Å². The highest BCUT2D eigenvalue weighted by Crippen LogP contribution is 2.23. The number of ether oxygens (including phenoxy) is 1. The fraction of sp³-hybridized carbons (Fsp3) is 0.652. The molecule has 2 aliphatic rings. The predicted molar refractivity (Wildman–Crippen MR) is 123 cm³/mol. The minimum atomic E-state index is -0.528. The second kappa shape index (κ2) is 10.4. The van der Waals surface area contributed by atoms with Gasteiger partial charge in [0.05, 0.1) is 18.3 Å². The fourth-order valence-corrected chi connectivity index (χ4v) is 3.89. The summed E-state index contributed by atoms with van der Waals surface area (Å²) in [7, 11) is 0. The molecule has 0 aliphatic carbocycles. The van der Waals surface area contributed by atoms with E-state index in [-0.39, 0.29) is 18.0 Å². The molecular formula is C23H36FN5O3. The highest BCUT2D eigenvalue weighted by atomic mass is 19.1. The quantitative estimate of drug-likeness (QED) is 0.543. The number of benzene rings is 1. The summed E-state index contributed by atoms with van der Waals surface area (Å²) in [6.07, 6.45) is 0.0776. The van der Waals surface area contributed by atoms with Gasteiger partial charge in [0.2, 0.25) is 0 Å². The molecule has 2 saturated heterocycles. The Balaban J connectivity index is 1.59. The predicted octanol–water partition coefficient (Wildman–Crippen LogP) is 2.41. The average Bonchev–Trinajstić information content (AvgIpc) is 3.16. The van der Waals surface area contributed by atoms with E-state index in [4.69, 9.17) is 4.74 Å². The zero-order valence-corrected chi connectivity index (χ0v) is 19.6. The van der Waals surface area contributed by atoms with Gasteiger partial charge in [0.15, 0.2) is 5.96 Å². The van der Waals surface area contributed by atoms with Gasteiger partial charge in [0, 0.05) is 45.8 Å². The van der Waals surface area contributed by atoms with Crippen LogP contribution in [-0.2, 0) is 11.3 Å². The molecule has 2 aliphatic heterocycles. The molecule has 0 bridgehead atoms. The molecule has 2 N–H and O–H groups in total. The first-order chi connectivity index (χ1) is 15.2. The van der Waals surface area contributed by atoms with Gasteiger partial charge < -0.3 is 29.9 Å². The van der Waals surface area contributed by atoms with E-state index in [9.17, 15) is 14.3 Å². The summed E-state index contributed by atoms with van der Waals surface area (Å²) in [4.78, 5) is 22.5. The minimum Gasteiger partial charge on any atom is -0.444 e. The number of guanidine groups is 1. The zero-order chi connectivity index (χ0) is 23.3. The number of aliphatic hydroxyl groups excluding tert-OH is 1. The second-order valence-corrected chi connectivity index (χ2v) is 9.30. The summed E-state index contributed by atoms with van der Waals surface area (Å²) in [5.74, 6) is 0.455. The Kier molecular flexibility index (Phi) is 7.82. The Bertz CT molecular complexity index is 818. The van der Waals surface area contributed by atoms with Crippen LogP contribution in [-0.4, -0.2) is 84.5 Å². The number of β-amino-alcohol motifs (C(OH)–C–C–N with tert-alkyl or cyclic N) is 1. The number of nitrogens with one attached hydrogen (secondary N) is 1. The number of halogens is 1. The molecule has 1 amide bonds. The van der Waals surface area contributed by atoms with E-state index in [1.54, 1.807) is 11.0 Å². The molecule has 1 aromatic rings. The monoisotopic (exact) mass is 449 g/mol. The van der Waals surface area contributed by atoms with Crippen LogP contribution in [0.1, 0.15) is 39.7 Å². The molecule has 1 atom stereocenters. The topological polar surface area (TPSA) is 80.6 Å². The summed E-state index contributed by atoms with van der Waals surface area (Å²) < 4.78 is 20.3. The minimum absolute atomic E-state index is 0.287. The Labute approximate surface area is 190 Å². The third-order valence-electron chi connectivity index (χ3n) is 5.49. The number of aliphatic imine (C=N–C) groups is 1. The van der Waals surface area contributed by atoms with Crippen molar-refractivity contribution in [3.8, 4) is 0 Å². The summed E-state index contributed by atoms with van der Waals surface area (Å²) >= 11 is 0. The van der Waals surface area contributed by atoms with Gasteiger partial charge in [-0.1, -0.05) is 6.07 Å².